The van der Waals surface area contributed by atoms with Gasteiger partial charge in [0.25, 0.3) is 5.97 Å². The van der Waals surface area contributed by atoms with Crippen LogP contribution in [0.5, 0.6) is 0 Å². The summed E-state index contributed by atoms with van der Waals surface area (Å²) in [6.45, 7) is 11.2. The maximum absolute atomic E-state index is 12.2. The lowest BCUT2D eigenvalue weighted by molar-refractivity contribution is -0.135. The van der Waals surface area contributed by atoms with Crippen LogP contribution in [0.4, 0.5) is 0 Å². The number of carbonyl (C=O) groups excluding carboxylic acids is 1. The number of unbranched alkanes of at least 4 members (excludes halogenated alkanes) is 11. The van der Waals surface area contributed by atoms with Gasteiger partial charge in [0.05, 0.1) is 0 Å². The van der Waals surface area contributed by atoms with Crippen molar-refractivity contribution in [3.63, 3.8) is 0 Å². The Kier molecular flexibility index (Phi) is 20.8. The van der Waals surface area contributed by atoms with Crippen molar-refractivity contribution in [3.8, 4) is 0 Å². The first-order chi connectivity index (χ1) is 14.0. The molecule has 0 spiro atoms. The maximum atomic E-state index is 12.2. The summed E-state index contributed by atoms with van der Waals surface area (Å²) in [5.41, 5.74) is 0. The number of carbonyl (C=O) groups is 1. The Balaban J connectivity index is 3.54. The minimum atomic E-state index is -1.36. The third-order valence-electron chi connectivity index (χ3n) is 5.41. The normalized spacial score (nSPS) is 11.7. The summed E-state index contributed by atoms with van der Waals surface area (Å²) in [6, 6.07) is 0. The molecule has 0 aromatic rings. The molecule has 0 heterocycles. The molecule has 0 rings (SSSR count). The number of allylic oxidation sites excluding steroid dienone is 2. The highest BCUT2D eigenvalue weighted by Gasteiger charge is 2.27. The first-order valence-electron chi connectivity index (χ1n) is 12.8. The predicted molar refractivity (Wildman–Crippen MR) is 131 cm³/mol. The van der Waals surface area contributed by atoms with Crippen LogP contribution in [-0.4, -0.2) is 20.5 Å². The van der Waals surface area contributed by atoms with Gasteiger partial charge in [0.2, 0.25) is 0 Å². The van der Waals surface area contributed by atoms with E-state index >= 15 is 0 Å². The van der Waals surface area contributed by atoms with E-state index in [0.717, 1.165) is 23.4 Å². The highest BCUT2D eigenvalue weighted by molar-refractivity contribution is 6.53. The van der Waals surface area contributed by atoms with Gasteiger partial charge in [-0.05, 0) is 32.1 Å². The van der Waals surface area contributed by atoms with E-state index in [1.54, 1.807) is 0 Å². The highest BCUT2D eigenvalue weighted by atomic mass is 27.2. The Morgan fingerprint density at radius 1 is 0.724 bits per heavy atom. The standard InChI is InChI=1S/C18H34O2.2C4H9.Al/c1-2-3-4-5-6-7-8-9-10-11-12-13-14-15-16-17-18(19)20;2*1-4(2)3;/h9-10H,2-8,11-17H2,1H3,(H,19,20);2*4H,1H2,2-3H3;/q;;;+1/p-1/b10-9-;;;. The zero-order valence-corrected chi connectivity index (χ0v) is 21.7. The van der Waals surface area contributed by atoms with Gasteiger partial charge in [-0.15, -0.1) is 0 Å². The molecule has 0 atom stereocenters. The molecule has 170 valence electrons. The van der Waals surface area contributed by atoms with E-state index in [2.05, 4.69) is 46.8 Å². The fourth-order valence-electron chi connectivity index (χ4n) is 3.83. The largest absolute Gasteiger partial charge is 0.616 e. The van der Waals surface area contributed by atoms with Crippen molar-refractivity contribution in [1.82, 2.24) is 0 Å². The number of rotatable bonds is 20. The molecular formula is C26H51AlO2. The minimum absolute atomic E-state index is 0.0700. The first-order valence-corrected chi connectivity index (χ1v) is 14.9. The second-order valence-corrected chi connectivity index (χ2v) is 12.1. The van der Waals surface area contributed by atoms with Crippen molar-refractivity contribution in [1.29, 1.82) is 0 Å². The minimum Gasteiger partial charge on any atom is -0.616 e. The third-order valence-corrected chi connectivity index (χ3v) is 8.94. The van der Waals surface area contributed by atoms with Gasteiger partial charge in [0.15, 0.2) is 0 Å². The summed E-state index contributed by atoms with van der Waals surface area (Å²) >= 11 is -1.36. The van der Waals surface area contributed by atoms with Gasteiger partial charge in [0.1, 0.15) is 0 Å². The predicted octanol–water partition coefficient (Wildman–Crippen LogP) is 8.87. The maximum Gasteiger partial charge on any atom is 0.549 e. The molecule has 0 aromatic heterocycles. The van der Waals surface area contributed by atoms with Crippen LogP contribution in [0.2, 0.25) is 10.6 Å². The van der Waals surface area contributed by atoms with E-state index in [1.807, 2.05) is 0 Å². The number of hydrogen-bond donors (Lipinski definition) is 0. The van der Waals surface area contributed by atoms with Gasteiger partial charge < -0.3 is 3.79 Å². The van der Waals surface area contributed by atoms with Crippen LogP contribution in [0.15, 0.2) is 12.2 Å². The average Bonchev–Trinajstić information content (AvgIpc) is 2.63. The molecule has 0 bridgehead atoms. The summed E-state index contributed by atoms with van der Waals surface area (Å²) in [5.74, 6) is 1.34. The van der Waals surface area contributed by atoms with Gasteiger partial charge in [-0.25, -0.2) is 0 Å². The van der Waals surface area contributed by atoms with Crippen molar-refractivity contribution in [2.24, 2.45) is 11.8 Å². The summed E-state index contributed by atoms with van der Waals surface area (Å²) in [5, 5.41) is 2.24. The van der Waals surface area contributed by atoms with Crippen LogP contribution in [-0.2, 0) is 8.58 Å². The van der Waals surface area contributed by atoms with Crippen molar-refractivity contribution < 1.29 is 8.58 Å². The van der Waals surface area contributed by atoms with E-state index < -0.39 is 14.5 Å². The Bertz CT molecular complexity index is 380. The fourth-order valence-corrected chi connectivity index (χ4v) is 6.81. The molecule has 0 radical (unpaired) electrons. The van der Waals surface area contributed by atoms with Crippen molar-refractivity contribution in [2.45, 2.75) is 135 Å². The van der Waals surface area contributed by atoms with E-state index in [9.17, 15) is 4.79 Å². The Morgan fingerprint density at radius 3 is 1.66 bits per heavy atom. The average molecular weight is 423 g/mol. The highest BCUT2D eigenvalue weighted by Crippen LogP contribution is 2.17. The SMILES string of the molecule is CCCCCCCC/C=C\CCCCCCCC(=O)[O][Al]([CH2]C(C)C)[CH2]C(C)C. The van der Waals surface area contributed by atoms with Gasteiger partial charge >= 0.3 is 14.5 Å². The second-order valence-electron chi connectivity index (χ2n) is 9.71. The molecule has 0 saturated carbocycles. The van der Waals surface area contributed by atoms with Crippen LogP contribution >= 0.6 is 0 Å². The van der Waals surface area contributed by atoms with Gasteiger partial charge in [-0.3, -0.25) is 4.79 Å². The van der Waals surface area contributed by atoms with Crippen LogP contribution in [0.25, 0.3) is 0 Å². The van der Waals surface area contributed by atoms with E-state index in [-0.39, 0.29) is 5.97 Å². The Hall–Kier alpha value is -0.258. The first kappa shape index (κ1) is 28.7. The van der Waals surface area contributed by atoms with Crippen molar-refractivity contribution in [3.05, 3.63) is 12.2 Å². The molecular weight excluding hydrogens is 371 g/mol. The quantitative estimate of drug-likeness (QED) is 0.111. The molecule has 0 aliphatic heterocycles. The monoisotopic (exact) mass is 422 g/mol. The van der Waals surface area contributed by atoms with Crippen molar-refractivity contribution >= 4 is 20.5 Å². The number of hydrogen-bond acceptors (Lipinski definition) is 2. The van der Waals surface area contributed by atoms with Crippen LogP contribution in [0.1, 0.15) is 125 Å². The molecule has 2 nitrogen and oxygen atoms in total. The molecule has 0 aliphatic rings. The summed E-state index contributed by atoms with van der Waals surface area (Å²) in [7, 11) is 0. The topological polar surface area (TPSA) is 26.3 Å². The Morgan fingerprint density at radius 2 is 1.17 bits per heavy atom. The lowest BCUT2D eigenvalue weighted by atomic mass is 10.1. The summed E-state index contributed by atoms with van der Waals surface area (Å²) in [6.07, 6.45) is 22.1. The van der Waals surface area contributed by atoms with E-state index in [4.69, 9.17) is 3.79 Å². The third kappa shape index (κ3) is 22.3. The lowest BCUT2D eigenvalue weighted by Gasteiger charge is -2.17. The fraction of sp³-hybridized carbons (Fsp3) is 0.885. The molecule has 0 aromatic carbocycles. The van der Waals surface area contributed by atoms with Crippen molar-refractivity contribution in [2.75, 3.05) is 0 Å². The lowest BCUT2D eigenvalue weighted by Crippen LogP contribution is -2.25. The molecule has 29 heavy (non-hydrogen) atoms. The van der Waals surface area contributed by atoms with Crippen LogP contribution < -0.4 is 0 Å². The molecule has 0 amide bonds. The van der Waals surface area contributed by atoms with E-state index in [0.29, 0.717) is 18.3 Å². The zero-order chi connectivity index (χ0) is 21.7. The van der Waals surface area contributed by atoms with E-state index in [1.165, 1.54) is 70.6 Å². The van der Waals surface area contributed by atoms with Crippen LogP contribution in [0.3, 0.4) is 0 Å². The van der Waals surface area contributed by atoms with Gasteiger partial charge in [-0.1, -0.05) is 121 Å². The molecule has 0 aliphatic carbocycles. The molecule has 0 fully saturated rings. The van der Waals surface area contributed by atoms with Crippen LogP contribution in [0, 0.1) is 11.8 Å². The molecule has 0 N–H and O–H groups in total. The zero-order valence-electron chi connectivity index (χ0n) is 20.5. The Labute approximate surface area is 188 Å². The molecule has 0 saturated heterocycles. The molecule has 3 heteroatoms. The van der Waals surface area contributed by atoms with Gasteiger partial charge in [0, 0.05) is 6.42 Å². The smallest absolute Gasteiger partial charge is 0.549 e. The van der Waals surface area contributed by atoms with Gasteiger partial charge in [-0.2, -0.15) is 0 Å². The molecule has 0 unspecified atom stereocenters. The second kappa shape index (κ2) is 21.0. The summed E-state index contributed by atoms with van der Waals surface area (Å²) in [4.78, 5) is 12.2. The summed E-state index contributed by atoms with van der Waals surface area (Å²) < 4.78 is 5.88.